The molecular weight excluding hydrogens is 282 g/mol. The zero-order valence-corrected chi connectivity index (χ0v) is 12.1. The zero-order valence-electron chi connectivity index (χ0n) is 11.3. The number of urea groups is 1. The number of hydrogen-bond donors (Lipinski definition) is 2. The van der Waals surface area contributed by atoms with Crippen molar-refractivity contribution in [2.45, 2.75) is 6.54 Å². The fourth-order valence-electron chi connectivity index (χ4n) is 2.07. The van der Waals surface area contributed by atoms with Gasteiger partial charge in [0.15, 0.2) is 11.5 Å². The standard InChI is InChI=1S/C13H18ClN3O3/c1-19-11-7-10(14)6-9(8-15)12(11)20-5-4-17-3-2-16-13(17)18/h6-7H,2-5,8,15H2,1H3,(H,16,18). The molecule has 1 aliphatic heterocycles. The second-order valence-corrected chi connectivity index (χ2v) is 4.80. The van der Waals surface area contributed by atoms with Crippen molar-refractivity contribution in [1.82, 2.24) is 10.2 Å². The van der Waals surface area contributed by atoms with Crippen LogP contribution in [0.5, 0.6) is 11.5 Å². The first-order chi connectivity index (χ1) is 9.65. The average Bonchev–Trinajstić information content (AvgIpc) is 2.85. The molecule has 1 aromatic carbocycles. The SMILES string of the molecule is COc1cc(Cl)cc(CN)c1OCCN1CCNC1=O. The Kier molecular flexibility index (Phi) is 4.92. The Balaban J connectivity index is 2.02. The van der Waals surface area contributed by atoms with Crippen LogP contribution in [0.4, 0.5) is 4.79 Å². The van der Waals surface area contributed by atoms with Gasteiger partial charge in [-0.25, -0.2) is 4.79 Å². The number of nitrogens with zero attached hydrogens (tertiary/aromatic N) is 1. The number of halogens is 1. The second-order valence-electron chi connectivity index (χ2n) is 4.37. The van der Waals surface area contributed by atoms with Gasteiger partial charge in [-0.05, 0) is 6.07 Å². The van der Waals surface area contributed by atoms with Crippen LogP contribution in [0.25, 0.3) is 0 Å². The van der Waals surface area contributed by atoms with Gasteiger partial charge >= 0.3 is 6.03 Å². The van der Waals surface area contributed by atoms with Crippen LogP contribution in [0.2, 0.25) is 5.02 Å². The molecule has 3 N–H and O–H groups in total. The molecule has 0 spiro atoms. The van der Waals surface area contributed by atoms with Gasteiger partial charge in [0, 0.05) is 36.3 Å². The Morgan fingerprint density at radius 1 is 1.50 bits per heavy atom. The lowest BCUT2D eigenvalue weighted by Crippen LogP contribution is -2.32. The third-order valence-electron chi connectivity index (χ3n) is 3.09. The van der Waals surface area contributed by atoms with Crippen LogP contribution in [0.15, 0.2) is 12.1 Å². The number of ether oxygens (including phenoxy) is 2. The number of nitrogens with one attached hydrogen (secondary N) is 1. The van der Waals surface area contributed by atoms with Crippen molar-refractivity contribution >= 4 is 17.6 Å². The Morgan fingerprint density at radius 2 is 2.30 bits per heavy atom. The molecule has 110 valence electrons. The van der Waals surface area contributed by atoms with Gasteiger partial charge in [-0.15, -0.1) is 0 Å². The van der Waals surface area contributed by atoms with E-state index in [0.29, 0.717) is 49.3 Å². The maximum absolute atomic E-state index is 11.4. The van der Waals surface area contributed by atoms with Gasteiger partial charge in [0.25, 0.3) is 0 Å². The molecule has 20 heavy (non-hydrogen) atoms. The maximum Gasteiger partial charge on any atom is 0.317 e. The fourth-order valence-corrected chi connectivity index (χ4v) is 2.30. The largest absolute Gasteiger partial charge is 0.493 e. The predicted octanol–water partition coefficient (Wildman–Crippen LogP) is 1.21. The summed E-state index contributed by atoms with van der Waals surface area (Å²) in [4.78, 5) is 13.1. The van der Waals surface area contributed by atoms with Gasteiger partial charge < -0.3 is 25.4 Å². The van der Waals surface area contributed by atoms with Gasteiger partial charge in [-0.2, -0.15) is 0 Å². The molecule has 2 amide bonds. The molecule has 0 bridgehead atoms. The Hall–Kier alpha value is -1.66. The summed E-state index contributed by atoms with van der Waals surface area (Å²) in [5.41, 5.74) is 6.47. The Labute approximate surface area is 122 Å². The summed E-state index contributed by atoms with van der Waals surface area (Å²) in [6, 6.07) is 3.37. The van der Waals surface area contributed by atoms with E-state index in [1.165, 1.54) is 0 Å². The molecule has 1 fully saturated rings. The van der Waals surface area contributed by atoms with Crippen LogP contribution in [0, 0.1) is 0 Å². The molecule has 1 aliphatic rings. The molecular formula is C13H18ClN3O3. The van der Waals surface area contributed by atoms with Crippen molar-refractivity contribution in [3.63, 3.8) is 0 Å². The molecule has 1 aromatic rings. The van der Waals surface area contributed by atoms with E-state index in [0.717, 1.165) is 5.56 Å². The molecule has 0 aromatic heterocycles. The number of benzene rings is 1. The zero-order chi connectivity index (χ0) is 14.5. The van der Waals surface area contributed by atoms with Gasteiger partial charge in [0.1, 0.15) is 6.61 Å². The molecule has 0 saturated carbocycles. The first-order valence-corrected chi connectivity index (χ1v) is 6.75. The molecule has 0 aliphatic carbocycles. The average molecular weight is 300 g/mol. The third-order valence-corrected chi connectivity index (χ3v) is 3.31. The number of carbonyl (C=O) groups excluding carboxylic acids is 1. The molecule has 7 heteroatoms. The summed E-state index contributed by atoms with van der Waals surface area (Å²) in [5.74, 6) is 1.13. The van der Waals surface area contributed by atoms with Gasteiger partial charge in [0.2, 0.25) is 0 Å². The summed E-state index contributed by atoms with van der Waals surface area (Å²) >= 11 is 5.98. The molecule has 0 unspecified atom stereocenters. The lowest BCUT2D eigenvalue weighted by molar-refractivity contribution is 0.200. The van der Waals surface area contributed by atoms with Crippen LogP contribution in [-0.2, 0) is 6.54 Å². The number of hydrogen-bond acceptors (Lipinski definition) is 4. The van der Waals surface area contributed by atoms with Crippen LogP contribution in [-0.4, -0.2) is 44.3 Å². The smallest absolute Gasteiger partial charge is 0.317 e. The quantitative estimate of drug-likeness (QED) is 0.828. The minimum Gasteiger partial charge on any atom is -0.493 e. The lowest BCUT2D eigenvalue weighted by Gasteiger charge is -2.18. The number of nitrogens with two attached hydrogens (primary N) is 1. The molecule has 0 atom stereocenters. The number of amides is 2. The van der Waals surface area contributed by atoms with Crippen molar-refractivity contribution in [3.05, 3.63) is 22.7 Å². The normalized spacial score (nSPS) is 14.3. The molecule has 1 saturated heterocycles. The Morgan fingerprint density at radius 3 is 2.90 bits per heavy atom. The van der Waals surface area contributed by atoms with Crippen molar-refractivity contribution in [1.29, 1.82) is 0 Å². The molecule has 0 radical (unpaired) electrons. The summed E-state index contributed by atoms with van der Waals surface area (Å²) < 4.78 is 11.0. The minimum absolute atomic E-state index is 0.0595. The first-order valence-electron chi connectivity index (χ1n) is 6.37. The molecule has 2 rings (SSSR count). The van der Waals surface area contributed by atoms with E-state index in [9.17, 15) is 4.79 Å². The molecule has 6 nitrogen and oxygen atoms in total. The fraction of sp³-hybridized carbons (Fsp3) is 0.462. The van der Waals surface area contributed by atoms with E-state index in [1.807, 2.05) is 0 Å². The summed E-state index contributed by atoms with van der Waals surface area (Å²) in [5, 5.41) is 3.29. The van der Waals surface area contributed by atoms with Gasteiger partial charge in [-0.1, -0.05) is 11.6 Å². The second kappa shape index (κ2) is 6.67. The summed E-state index contributed by atoms with van der Waals surface area (Å²) in [6.45, 7) is 2.57. The van der Waals surface area contributed by atoms with E-state index in [4.69, 9.17) is 26.8 Å². The lowest BCUT2D eigenvalue weighted by atomic mass is 10.2. The van der Waals surface area contributed by atoms with Gasteiger partial charge in [0.05, 0.1) is 13.7 Å². The van der Waals surface area contributed by atoms with E-state index in [1.54, 1.807) is 24.1 Å². The minimum atomic E-state index is -0.0595. The predicted molar refractivity (Wildman–Crippen MR) is 76.4 cm³/mol. The van der Waals surface area contributed by atoms with Crippen LogP contribution < -0.4 is 20.5 Å². The van der Waals surface area contributed by atoms with Crippen molar-refractivity contribution in [2.75, 3.05) is 33.4 Å². The van der Waals surface area contributed by atoms with Crippen LogP contribution >= 0.6 is 11.6 Å². The highest BCUT2D eigenvalue weighted by atomic mass is 35.5. The number of methoxy groups -OCH3 is 1. The van der Waals surface area contributed by atoms with Crippen LogP contribution in [0.3, 0.4) is 0 Å². The first kappa shape index (κ1) is 14.7. The monoisotopic (exact) mass is 299 g/mol. The highest BCUT2D eigenvalue weighted by Crippen LogP contribution is 2.34. The van der Waals surface area contributed by atoms with Crippen molar-refractivity contribution in [2.24, 2.45) is 5.73 Å². The summed E-state index contributed by atoms with van der Waals surface area (Å²) in [6.07, 6.45) is 0. The third kappa shape index (κ3) is 3.26. The summed E-state index contributed by atoms with van der Waals surface area (Å²) in [7, 11) is 1.55. The topological polar surface area (TPSA) is 76.8 Å². The van der Waals surface area contributed by atoms with Crippen LogP contribution in [0.1, 0.15) is 5.56 Å². The van der Waals surface area contributed by atoms with E-state index in [-0.39, 0.29) is 6.03 Å². The maximum atomic E-state index is 11.4. The number of rotatable bonds is 6. The van der Waals surface area contributed by atoms with E-state index < -0.39 is 0 Å². The van der Waals surface area contributed by atoms with Crippen molar-refractivity contribution in [3.8, 4) is 11.5 Å². The van der Waals surface area contributed by atoms with E-state index in [2.05, 4.69) is 5.32 Å². The van der Waals surface area contributed by atoms with E-state index >= 15 is 0 Å². The highest BCUT2D eigenvalue weighted by molar-refractivity contribution is 6.30. The highest BCUT2D eigenvalue weighted by Gasteiger charge is 2.19. The number of carbonyl (C=O) groups is 1. The van der Waals surface area contributed by atoms with Crippen molar-refractivity contribution < 1.29 is 14.3 Å². The van der Waals surface area contributed by atoms with Gasteiger partial charge in [-0.3, -0.25) is 0 Å². The molecule has 1 heterocycles. The Bertz CT molecular complexity index is 471.